The van der Waals surface area contributed by atoms with Gasteiger partial charge < -0.3 is 19.2 Å². The Hall–Kier alpha value is -2.39. The number of likely N-dealkylation sites (tertiary alicyclic amines) is 1. The lowest BCUT2D eigenvalue weighted by Crippen LogP contribution is -2.37. The lowest BCUT2D eigenvalue weighted by molar-refractivity contribution is 0.211. The zero-order valence-corrected chi connectivity index (χ0v) is 19.9. The molecule has 0 saturated carbocycles. The third-order valence-corrected chi connectivity index (χ3v) is 8.48. The van der Waals surface area contributed by atoms with Crippen LogP contribution in [0.1, 0.15) is 60.0 Å². The predicted molar refractivity (Wildman–Crippen MR) is 123 cm³/mol. The number of halogens is 1. The lowest BCUT2D eigenvalue weighted by Gasteiger charge is -2.31. The van der Waals surface area contributed by atoms with Crippen molar-refractivity contribution in [1.82, 2.24) is 19.6 Å². The number of hydrogen-bond donors (Lipinski definition) is 2. The van der Waals surface area contributed by atoms with E-state index < -0.39 is 13.3 Å². The van der Waals surface area contributed by atoms with Gasteiger partial charge in [0.05, 0.1) is 5.69 Å². The summed E-state index contributed by atoms with van der Waals surface area (Å²) in [6.07, 6.45) is 3.20. The first kappa shape index (κ1) is 23.4. The van der Waals surface area contributed by atoms with Crippen molar-refractivity contribution >= 4 is 18.6 Å². The summed E-state index contributed by atoms with van der Waals surface area (Å²) in [6, 6.07) is 4.50. The molecule has 1 saturated heterocycles. The van der Waals surface area contributed by atoms with Gasteiger partial charge in [-0.25, -0.2) is 9.37 Å². The van der Waals surface area contributed by atoms with Crippen molar-refractivity contribution in [2.75, 3.05) is 19.6 Å². The Kier molecular flexibility index (Phi) is 6.18. The molecule has 2 aliphatic rings. The molecule has 0 spiro atoms. The fourth-order valence-corrected chi connectivity index (χ4v) is 6.31. The standard InChI is InChI=1S/C23H28FN4O5P/c1-14-17(23(29)28-9-2-3-20(22(28)25-14)34(30,31)32)8-12-27-10-6-15(7-11-27)21-18-5-4-16(24)13-19(18)33-26-21/h4-5,13,15,20H,2-3,6-12H2,1H3,(H2,30,31,32)/t20-/m1/s1. The lowest BCUT2D eigenvalue weighted by atomic mass is 9.91. The number of aryl methyl sites for hydroxylation is 1. The molecule has 0 amide bonds. The molecule has 2 aromatic heterocycles. The Morgan fingerprint density at radius 1 is 1.21 bits per heavy atom. The molecule has 182 valence electrons. The third-order valence-electron chi connectivity index (χ3n) is 7.18. The van der Waals surface area contributed by atoms with E-state index in [1.54, 1.807) is 13.0 Å². The SMILES string of the molecule is Cc1nc2n(c(=O)c1CCN1CCC(c3noc4cc(F)ccc34)CC1)CCC[C@H]2P(=O)(O)O. The van der Waals surface area contributed by atoms with Crippen LogP contribution in [0.4, 0.5) is 4.39 Å². The van der Waals surface area contributed by atoms with E-state index in [2.05, 4.69) is 15.0 Å². The van der Waals surface area contributed by atoms with Crippen LogP contribution >= 0.6 is 7.60 Å². The highest BCUT2D eigenvalue weighted by Gasteiger charge is 2.37. The van der Waals surface area contributed by atoms with E-state index >= 15 is 0 Å². The number of aromatic nitrogens is 3. The zero-order valence-electron chi connectivity index (χ0n) is 19.0. The van der Waals surface area contributed by atoms with Crippen molar-refractivity contribution in [3.05, 3.63) is 57.1 Å². The molecule has 2 N–H and O–H groups in total. The third kappa shape index (κ3) is 4.35. The van der Waals surface area contributed by atoms with Crippen LogP contribution in [0, 0.1) is 12.7 Å². The van der Waals surface area contributed by atoms with E-state index in [0.717, 1.165) is 37.0 Å². The molecule has 1 fully saturated rings. The van der Waals surface area contributed by atoms with E-state index in [0.29, 0.717) is 49.2 Å². The van der Waals surface area contributed by atoms with Gasteiger partial charge in [-0.15, -0.1) is 0 Å². The van der Waals surface area contributed by atoms with E-state index in [4.69, 9.17) is 4.52 Å². The van der Waals surface area contributed by atoms with Crippen molar-refractivity contribution < 1.29 is 23.3 Å². The summed E-state index contributed by atoms with van der Waals surface area (Å²) in [5.74, 6) is 0.113. The van der Waals surface area contributed by atoms with Crippen LogP contribution in [0.5, 0.6) is 0 Å². The van der Waals surface area contributed by atoms with Crippen molar-refractivity contribution in [3.8, 4) is 0 Å². The average Bonchev–Trinajstić information content (AvgIpc) is 3.21. The van der Waals surface area contributed by atoms with Crippen LogP contribution in [-0.4, -0.2) is 49.0 Å². The first-order chi connectivity index (χ1) is 16.2. The van der Waals surface area contributed by atoms with Crippen molar-refractivity contribution in [3.63, 3.8) is 0 Å². The fraction of sp³-hybridized carbons (Fsp3) is 0.522. The van der Waals surface area contributed by atoms with Gasteiger partial charge in [0.2, 0.25) is 0 Å². The van der Waals surface area contributed by atoms with Crippen LogP contribution in [0.2, 0.25) is 0 Å². The van der Waals surface area contributed by atoms with Crippen molar-refractivity contribution in [2.24, 2.45) is 0 Å². The van der Waals surface area contributed by atoms with Crippen molar-refractivity contribution in [1.29, 1.82) is 0 Å². The van der Waals surface area contributed by atoms with Gasteiger partial charge in [-0.3, -0.25) is 13.9 Å². The highest BCUT2D eigenvalue weighted by molar-refractivity contribution is 7.52. The van der Waals surface area contributed by atoms with Crippen LogP contribution in [0.3, 0.4) is 0 Å². The largest absolute Gasteiger partial charge is 0.356 e. The zero-order chi connectivity index (χ0) is 24.0. The molecule has 11 heteroatoms. The van der Waals surface area contributed by atoms with Crippen LogP contribution < -0.4 is 5.56 Å². The fourth-order valence-electron chi connectivity index (χ4n) is 5.30. The number of piperidine rings is 1. The molecular formula is C23H28FN4O5P. The molecule has 9 nitrogen and oxygen atoms in total. The maximum absolute atomic E-state index is 13.4. The smallest absolute Gasteiger partial charge is 0.336 e. The molecule has 34 heavy (non-hydrogen) atoms. The molecule has 1 atom stereocenters. The second-order valence-corrected chi connectivity index (χ2v) is 11.1. The summed E-state index contributed by atoms with van der Waals surface area (Å²) < 4.78 is 32.1. The molecule has 1 aromatic carbocycles. The Morgan fingerprint density at radius 3 is 2.71 bits per heavy atom. The van der Waals surface area contributed by atoms with E-state index in [1.807, 2.05) is 0 Å². The number of nitrogens with zero attached hydrogens (tertiary/aromatic N) is 4. The minimum Gasteiger partial charge on any atom is -0.356 e. The quantitative estimate of drug-likeness (QED) is 0.523. The van der Waals surface area contributed by atoms with Gasteiger partial charge in [-0.2, -0.15) is 0 Å². The highest BCUT2D eigenvalue weighted by Crippen LogP contribution is 2.54. The van der Waals surface area contributed by atoms with Gasteiger partial charge in [-0.1, -0.05) is 5.16 Å². The topological polar surface area (TPSA) is 122 Å². The van der Waals surface area contributed by atoms with Gasteiger partial charge >= 0.3 is 7.60 Å². The summed E-state index contributed by atoms with van der Waals surface area (Å²) in [4.78, 5) is 39.3. The molecule has 0 aliphatic carbocycles. The predicted octanol–water partition coefficient (Wildman–Crippen LogP) is 3.27. The first-order valence-electron chi connectivity index (χ1n) is 11.6. The summed E-state index contributed by atoms with van der Waals surface area (Å²) in [5.41, 5.74) is 1.31. The average molecular weight is 490 g/mol. The first-order valence-corrected chi connectivity index (χ1v) is 13.3. The number of hydrogen-bond acceptors (Lipinski definition) is 6. The van der Waals surface area contributed by atoms with E-state index in [-0.39, 0.29) is 23.1 Å². The van der Waals surface area contributed by atoms with Gasteiger partial charge in [0, 0.05) is 41.7 Å². The minimum absolute atomic E-state index is 0.183. The maximum Gasteiger partial charge on any atom is 0.336 e. The number of benzene rings is 1. The summed E-state index contributed by atoms with van der Waals surface area (Å²) in [7, 11) is -4.37. The number of rotatable bonds is 5. The maximum atomic E-state index is 13.4. The Bertz CT molecular complexity index is 1320. The Labute approximate surface area is 195 Å². The van der Waals surface area contributed by atoms with Crippen LogP contribution in [0.25, 0.3) is 11.0 Å². The molecule has 0 radical (unpaired) electrons. The monoisotopic (exact) mass is 490 g/mol. The molecular weight excluding hydrogens is 462 g/mol. The molecule has 4 heterocycles. The molecule has 0 unspecified atom stereocenters. The van der Waals surface area contributed by atoms with Crippen molar-refractivity contribution in [2.45, 2.75) is 57.1 Å². The molecule has 2 aliphatic heterocycles. The summed E-state index contributed by atoms with van der Waals surface area (Å²) in [6.45, 7) is 4.58. The van der Waals surface area contributed by atoms with Gasteiger partial charge in [-0.05, 0) is 64.3 Å². The van der Waals surface area contributed by atoms with Crippen LogP contribution in [-0.2, 0) is 17.5 Å². The van der Waals surface area contributed by atoms with E-state index in [9.17, 15) is 23.5 Å². The number of fused-ring (bicyclic) bond motifs is 2. The van der Waals surface area contributed by atoms with Crippen LogP contribution in [0.15, 0.2) is 27.5 Å². The summed E-state index contributed by atoms with van der Waals surface area (Å²) in [5, 5.41) is 5.06. The second kappa shape index (κ2) is 9.00. The highest BCUT2D eigenvalue weighted by atomic mass is 31.2. The summed E-state index contributed by atoms with van der Waals surface area (Å²) >= 11 is 0. The minimum atomic E-state index is -4.37. The normalized spacial score (nSPS) is 20.1. The van der Waals surface area contributed by atoms with Gasteiger partial charge in [0.25, 0.3) is 5.56 Å². The van der Waals surface area contributed by atoms with E-state index in [1.165, 1.54) is 16.7 Å². The van der Waals surface area contributed by atoms with Gasteiger partial charge in [0.1, 0.15) is 17.3 Å². The van der Waals surface area contributed by atoms with Gasteiger partial charge in [0.15, 0.2) is 5.58 Å². The second-order valence-electron chi connectivity index (χ2n) is 9.31. The Balaban J connectivity index is 1.26. The molecule has 3 aromatic rings. The Morgan fingerprint density at radius 2 is 1.97 bits per heavy atom. The molecule has 5 rings (SSSR count). The molecule has 0 bridgehead atoms.